The highest BCUT2D eigenvalue weighted by atomic mass is 35.5. The van der Waals surface area contributed by atoms with E-state index in [9.17, 15) is 0 Å². The molecule has 2 atom stereocenters. The summed E-state index contributed by atoms with van der Waals surface area (Å²) in [4.78, 5) is 5.63. The van der Waals surface area contributed by atoms with Crippen LogP contribution < -0.4 is 10.1 Å². The van der Waals surface area contributed by atoms with Crippen LogP contribution in [0.1, 0.15) is 33.7 Å². The number of fused-ring (bicyclic) bond motifs is 3. The molecule has 2 aliphatic heterocycles. The van der Waals surface area contributed by atoms with Crippen molar-refractivity contribution in [2.75, 3.05) is 5.32 Å². The van der Waals surface area contributed by atoms with Crippen LogP contribution in [-0.2, 0) is 0 Å². The number of hydrogen-bond donors (Lipinski definition) is 1. The lowest BCUT2D eigenvalue weighted by Gasteiger charge is -2.38. The summed E-state index contributed by atoms with van der Waals surface area (Å²) in [6.07, 6.45) is 1.33. The van der Waals surface area contributed by atoms with E-state index < -0.39 is 0 Å². The average molecular weight is 433 g/mol. The minimum absolute atomic E-state index is 0.114. The van der Waals surface area contributed by atoms with Gasteiger partial charge in [-0.05, 0) is 42.1 Å². The van der Waals surface area contributed by atoms with Crippen LogP contribution in [0.5, 0.6) is 5.75 Å². The Kier molecular flexibility index (Phi) is 3.97. The SMILES string of the molecule is Cc1ccc(C2Oc3ccc(Cl)cc3C3=C2C(c2cccs2)n2ncnc2N3)cc1. The molecule has 2 aromatic carbocycles. The summed E-state index contributed by atoms with van der Waals surface area (Å²) in [5.41, 5.74) is 5.35. The van der Waals surface area contributed by atoms with Gasteiger partial charge in [-0.25, -0.2) is 4.68 Å². The van der Waals surface area contributed by atoms with Crippen LogP contribution in [0.4, 0.5) is 5.95 Å². The van der Waals surface area contributed by atoms with Crippen molar-refractivity contribution in [2.24, 2.45) is 0 Å². The molecule has 0 aliphatic carbocycles. The number of rotatable bonds is 2. The number of halogens is 1. The van der Waals surface area contributed by atoms with E-state index in [1.165, 1.54) is 10.4 Å². The number of thiophene rings is 1. The Morgan fingerprint density at radius 1 is 1.13 bits per heavy atom. The van der Waals surface area contributed by atoms with Gasteiger partial charge in [0.25, 0.3) is 0 Å². The second kappa shape index (κ2) is 6.72. The lowest BCUT2D eigenvalue weighted by molar-refractivity contribution is 0.223. The minimum Gasteiger partial charge on any atom is -0.480 e. The maximum Gasteiger partial charge on any atom is 0.226 e. The van der Waals surface area contributed by atoms with Gasteiger partial charge >= 0.3 is 0 Å². The topological polar surface area (TPSA) is 52.0 Å². The quantitative estimate of drug-likeness (QED) is 0.431. The van der Waals surface area contributed by atoms with E-state index in [0.717, 1.165) is 28.1 Å². The molecule has 0 fully saturated rings. The molecule has 148 valence electrons. The smallest absolute Gasteiger partial charge is 0.226 e. The van der Waals surface area contributed by atoms with E-state index in [0.29, 0.717) is 11.0 Å². The first-order chi connectivity index (χ1) is 14.7. The molecule has 4 heterocycles. The van der Waals surface area contributed by atoms with Gasteiger partial charge in [-0.2, -0.15) is 10.1 Å². The van der Waals surface area contributed by atoms with Crippen molar-refractivity contribution in [1.29, 1.82) is 0 Å². The van der Waals surface area contributed by atoms with Crippen LogP contribution in [0, 0.1) is 6.92 Å². The summed E-state index contributed by atoms with van der Waals surface area (Å²) in [5, 5.41) is 10.8. The van der Waals surface area contributed by atoms with E-state index in [4.69, 9.17) is 16.3 Å². The fourth-order valence-corrected chi connectivity index (χ4v) is 5.18. The second-order valence-electron chi connectivity index (χ2n) is 7.45. The number of nitrogens with one attached hydrogen (secondary N) is 1. The van der Waals surface area contributed by atoms with Crippen molar-refractivity contribution in [2.45, 2.75) is 19.1 Å². The summed E-state index contributed by atoms with van der Waals surface area (Å²) >= 11 is 8.06. The Hall–Kier alpha value is -3.09. The molecule has 30 heavy (non-hydrogen) atoms. The number of aromatic nitrogens is 3. The monoisotopic (exact) mass is 432 g/mol. The third-order valence-electron chi connectivity index (χ3n) is 5.57. The van der Waals surface area contributed by atoms with Crippen LogP contribution in [0.2, 0.25) is 5.02 Å². The lowest BCUT2D eigenvalue weighted by atomic mass is 9.87. The third-order valence-corrected chi connectivity index (χ3v) is 6.73. The largest absolute Gasteiger partial charge is 0.480 e. The van der Waals surface area contributed by atoms with Crippen molar-refractivity contribution >= 4 is 34.6 Å². The molecular formula is C23H17ClN4OS. The molecule has 0 saturated heterocycles. The molecule has 7 heteroatoms. The molecule has 0 radical (unpaired) electrons. The zero-order chi connectivity index (χ0) is 20.2. The summed E-state index contributed by atoms with van der Waals surface area (Å²) in [6.45, 7) is 2.09. The Balaban J connectivity index is 1.63. The van der Waals surface area contributed by atoms with E-state index in [1.54, 1.807) is 17.7 Å². The van der Waals surface area contributed by atoms with Gasteiger partial charge in [0.2, 0.25) is 5.95 Å². The zero-order valence-corrected chi connectivity index (χ0v) is 17.6. The highest BCUT2D eigenvalue weighted by Gasteiger charge is 2.41. The van der Waals surface area contributed by atoms with Crippen molar-refractivity contribution in [3.63, 3.8) is 0 Å². The molecule has 1 N–H and O–H groups in total. The number of benzene rings is 2. The van der Waals surface area contributed by atoms with Crippen LogP contribution in [-0.4, -0.2) is 14.8 Å². The summed E-state index contributed by atoms with van der Waals surface area (Å²) in [7, 11) is 0. The molecule has 2 unspecified atom stereocenters. The summed E-state index contributed by atoms with van der Waals surface area (Å²) < 4.78 is 8.52. The van der Waals surface area contributed by atoms with Crippen LogP contribution in [0.3, 0.4) is 0 Å². The first-order valence-electron chi connectivity index (χ1n) is 9.66. The molecule has 0 spiro atoms. The molecule has 2 aromatic heterocycles. The van der Waals surface area contributed by atoms with E-state index in [2.05, 4.69) is 64.1 Å². The molecule has 0 bridgehead atoms. The predicted octanol–water partition coefficient (Wildman–Crippen LogP) is 5.86. The molecule has 2 aliphatic rings. The van der Waals surface area contributed by atoms with Gasteiger partial charge in [0.05, 0.1) is 5.70 Å². The van der Waals surface area contributed by atoms with E-state index in [1.807, 2.05) is 22.9 Å². The van der Waals surface area contributed by atoms with Crippen LogP contribution in [0.25, 0.3) is 5.70 Å². The summed E-state index contributed by atoms with van der Waals surface area (Å²) in [6, 6.07) is 18.3. The van der Waals surface area contributed by atoms with Crippen LogP contribution in [0.15, 0.2) is 71.9 Å². The first-order valence-corrected chi connectivity index (χ1v) is 10.9. The molecule has 4 aromatic rings. The fourth-order valence-electron chi connectivity index (χ4n) is 4.18. The molecule has 5 nitrogen and oxygen atoms in total. The highest BCUT2D eigenvalue weighted by Crippen LogP contribution is 2.51. The van der Waals surface area contributed by atoms with Gasteiger partial charge in [0.1, 0.15) is 24.2 Å². The maximum atomic E-state index is 6.59. The van der Waals surface area contributed by atoms with Crippen LogP contribution >= 0.6 is 22.9 Å². The normalized spacial score (nSPS) is 19.4. The lowest BCUT2D eigenvalue weighted by Crippen LogP contribution is -2.32. The van der Waals surface area contributed by atoms with Gasteiger partial charge in [0.15, 0.2) is 0 Å². The van der Waals surface area contributed by atoms with Gasteiger partial charge in [0, 0.05) is 21.0 Å². The van der Waals surface area contributed by atoms with Crippen molar-refractivity contribution in [1.82, 2.24) is 14.8 Å². The van der Waals surface area contributed by atoms with Gasteiger partial charge in [-0.3, -0.25) is 0 Å². The maximum absolute atomic E-state index is 6.59. The Bertz CT molecular complexity index is 1280. The number of hydrogen-bond acceptors (Lipinski definition) is 5. The van der Waals surface area contributed by atoms with E-state index in [-0.39, 0.29) is 12.1 Å². The van der Waals surface area contributed by atoms with Gasteiger partial charge in [-0.1, -0.05) is 47.5 Å². The standard InChI is InChI=1S/C23H17ClN4OS/c1-13-4-6-14(7-5-13)22-19-20(16-11-15(24)8-9-17(16)29-22)27-23-25-12-26-28(23)21(19)18-3-2-10-30-18/h2-12,21-22H,1H3,(H,25,26,27). The molecule has 0 amide bonds. The van der Waals surface area contributed by atoms with Gasteiger partial charge < -0.3 is 10.1 Å². The first kappa shape index (κ1) is 17.7. The Morgan fingerprint density at radius 2 is 2.00 bits per heavy atom. The molecule has 6 rings (SSSR count). The minimum atomic E-state index is -0.258. The van der Waals surface area contributed by atoms with Gasteiger partial charge in [-0.15, -0.1) is 11.3 Å². The Labute approximate surface area is 182 Å². The second-order valence-corrected chi connectivity index (χ2v) is 8.87. The predicted molar refractivity (Wildman–Crippen MR) is 119 cm³/mol. The van der Waals surface area contributed by atoms with Crippen molar-refractivity contribution in [3.8, 4) is 5.75 Å². The molecular weight excluding hydrogens is 416 g/mol. The number of anilines is 1. The number of nitrogens with zero attached hydrogens (tertiary/aromatic N) is 3. The summed E-state index contributed by atoms with van der Waals surface area (Å²) in [5.74, 6) is 1.51. The zero-order valence-electron chi connectivity index (χ0n) is 16.0. The fraction of sp³-hybridized carbons (Fsp3) is 0.130. The highest BCUT2D eigenvalue weighted by molar-refractivity contribution is 7.10. The average Bonchev–Trinajstić information content (AvgIpc) is 3.44. The number of ether oxygens (including phenoxy) is 1. The number of aryl methyl sites for hydroxylation is 1. The Morgan fingerprint density at radius 3 is 2.80 bits per heavy atom. The van der Waals surface area contributed by atoms with Crippen molar-refractivity contribution in [3.05, 3.63) is 98.5 Å². The van der Waals surface area contributed by atoms with E-state index >= 15 is 0 Å². The molecule has 0 saturated carbocycles. The third kappa shape index (κ3) is 2.68. The van der Waals surface area contributed by atoms with Crippen molar-refractivity contribution < 1.29 is 4.74 Å².